The molecule has 1 N–H and O–H groups in total. The molecule has 0 saturated carbocycles. The van der Waals surface area contributed by atoms with Gasteiger partial charge >= 0.3 is 0 Å². The molecule has 0 bridgehead atoms. The van der Waals surface area contributed by atoms with Crippen molar-refractivity contribution < 1.29 is 4.79 Å². The number of nitrogens with one attached hydrogen (secondary N) is 1. The zero-order chi connectivity index (χ0) is 12.4. The number of hydrogen-bond donors (Lipinski definition) is 1. The molecule has 0 aromatic carbocycles. The van der Waals surface area contributed by atoms with Gasteiger partial charge in [0.1, 0.15) is 5.69 Å². The molecule has 2 rings (SSSR count). The van der Waals surface area contributed by atoms with Crippen LogP contribution in [-0.2, 0) is 7.05 Å². The van der Waals surface area contributed by atoms with Crippen molar-refractivity contribution in [2.45, 2.75) is 19.4 Å². The monoisotopic (exact) mass is 236 g/mol. The lowest BCUT2D eigenvalue weighted by Gasteiger charge is -2.36. The van der Waals surface area contributed by atoms with Crippen molar-refractivity contribution in [3.8, 4) is 0 Å². The number of carbonyl (C=O) groups excluding carboxylic acids is 1. The lowest BCUT2D eigenvalue weighted by molar-refractivity contribution is 0.0639. The molecule has 0 aliphatic carbocycles. The normalized spacial score (nSPS) is 25.0. The fourth-order valence-electron chi connectivity index (χ4n) is 2.48. The van der Waals surface area contributed by atoms with Gasteiger partial charge in [-0.2, -0.15) is 0 Å². The Bertz CT molecular complexity index is 401. The predicted molar refractivity (Wildman–Crippen MR) is 65.7 cm³/mol. The molecule has 5 heteroatoms. The molecule has 1 aromatic heterocycles. The predicted octanol–water partition coefficient (Wildman–Crippen LogP) is 0.490. The standard InChI is InChI=1S/C12H20N4O/c1-9-7-16(5-4-10(9)13-2)12(17)11-6-14-8-15(11)3/h6,8-10,13H,4-5,7H2,1-3H3. The van der Waals surface area contributed by atoms with Crippen molar-refractivity contribution in [2.75, 3.05) is 20.1 Å². The topological polar surface area (TPSA) is 50.2 Å². The van der Waals surface area contributed by atoms with Crippen molar-refractivity contribution >= 4 is 5.91 Å². The van der Waals surface area contributed by atoms with Crippen LogP contribution in [0.15, 0.2) is 12.5 Å². The highest BCUT2D eigenvalue weighted by Crippen LogP contribution is 2.18. The first-order chi connectivity index (χ1) is 8.13. The summed E-state index contributed by atoms with van der Waals surface area (Å²) >= 11 is 0. The molecule has 1 aliphatic rings. The Kier molecular flexibility index (Phi) is 3.47. The minimum atomic E-state index is 0.0893. The average Bonchev–Trinajstić information content (AvgIpc) is 2.74. The second-order valence-electron chi connectivity index (χ2n) is 4.80. The zero-order valence-electron chi connectivity index (χ0n) is 10.7. The Morgan fingerprint density at radius 1 is 1.59 bits per heavy atom. The number of piperidine rings is 1. The second kappa shape index (κ2) is 4.87. The lowest BCUT2D eigenvalue weighted by Crippen LogP contribution is -2.49. The fraction of sp³-hybridized carbons (Fsp3) is 0.667. The number of likely N-dealkylation sites (tertiary alicyclic amines) is 1. The van der Waals surface area contributed by atoms with Crippen LogP contribution in [0.2, 0.25) is 0 Å². The van der Waals surface area contributed by atoms with E-state index in [9.17, 15) is 4.79 Å². The van der Waals surface area contributed by atoms with E-state index >= 15 is 0 Å². The molecule has 1 fully saturated rings. The smallest absolute Gasteiger partial charge is 0.272 e. The summed E-state index contributed by atoms with van der Waals surface area (Å²) in [5.41, 5.74) is 0.667. The van der Waals surface area contributed by atoms with Crippen LogP contribution in [0.25, 0.3) is 0 Å². The summed E-state index contributed by atoms with van der Waals surface area (Å²) < 4.78 is 1.77. The molecule has 0 spiro atoms. The molecule has 1 aliphatic heterocycles. The van der Waals surface area contributed by atoms with E-state index in [4.69, 9.17) is 0 Å². The number of amides is 1. The third-order valence-corrected chi connectivity index (χ3v) is 3.60. The first-order valence-electron chi connectivity index (χ1n) is 6.06. The average molecular weight is 236 g/mol. The first-order valence-corrected chi connectivity index (χ1v) is 6.06. The summed E-state index contributed by atoms with van der Waals surface area (Å²) in [5, 5.41) is 3.30. The van der Waals surface area contributed by atoms with Gasteiger partial charge in [0.25, 0.3) is 5.91 Å². The Morgan fingerprint density at radius 3 is 2.88 bits per heavy atom. The van der Waals surface area contributed by atoms with E-state index in [1.165, 1.54) is 0 Å². The minimum Gasteiger partial charge on any atom is -0.337 e. The maximum absolute atomic E-state index is 12.3. The van der Waals surface area contributed by atoms with Crippen molar-refractivity contribution in [1.82, 2.24) is 19.8 Å². The molecule has 2 unspecified atom stereocenters. The molecule has 17 heavy (non-hydrogen) atoms. The van der Waals surface area contributed by atoms with Gasteiger partial charge in [0.15, 0.2) is 0 Å². The Hall–Kier alpha value is -1.36. The van der Waals surface area contributed by atoms with E-state index in [0.717, 1.165) is 19.5 Å². The van der Waals surface area contributed by atoms with Gasteiger partial charge in [-0.25, -0.2) is 4.98 Å². The lowest BCUT2D eigenvalue weighted by atomic mass is 9.94. The molecule has 1 saturated heterocycles. The van der Waals surface area contributed by atoms with Crippen LogP contribution in [0.4, 0.5) is 0 Å². The summed E-state index contributed by atoms with van der Waals surface area (Å²) in [6.07, 6.45) is 4.31. The van der Waals surface area contributed by atoms with Gasteiger partial charge in [0, 0.05) is 26.2 Å². The number of nitrogens with zero attached hydrogens (tertiary/aromatic N) is 3. The molecule has 0 radical (unpaired) electrons. The molecule has 2 atom stereocenters. The fourth-order valence-corrected chi connectivity index (χ4v) is 2.48. The highest BCUT2D eigenvalue weighted by molar-refractivity contribution is 5.92. The van der Waals surface area contributed by atoms with Crippen LogP contribution in [0.3, 0.4) is 0 Å². The largest absolute Gasteiger partial charge is 0.337 e. The molecule has 5 nitrogen and oxygen atoms in total. The highest BCUT2D eigenvalue weighted by atomic mass is 16.2. The molecule has 1 amide bonds. The van der Waals surface area contributed by atoms with Gasteiger partial charge < -0.3 is 14.8 Å². The zero-order valence-corrected chi connectivity index (χ0v) is 10.7. The van der Waals surface area contributed by atoms with Crippen LogP contribution >= 0.6 is 0 Å². The van der Waals surface area contributed by atoms with Crippen molar-refractivity contribution in [3.05, 3.63) is 18.2 Å². The van der Waals surface area contributed by atoms with Gasteiger partial charge in [-0.1, -0.05) is 6.92 Å². The second-order valence-corrected chi connectivity index (χ2v) is 4.80. The molecular weight excluding hydrogens is 216 g/mol. The van der Waals surface area contributed by atoms with E-state index in [-0.39, 0.29) is 5.91 Å². The summed E-state index contributed by atoms with van der Waals surface area (Å²) in [6.45, 7) is 3.82. The number of imidazole rings is 1. The highest BCUT2D eigenvalue weighted by Gasteiger charge is 2.28. The third kappa shape index (κ3) is 2.34. The number of aromatic nitrogens is 2. The summed E-state index contributed by atoms with van der Waals surface area (Å²) in [7, 11) is 3.84. The SMILES string of the molecule is CNC1CCN(C(=O)c2cncn2C)CC1C. The number of hydrogen-bond acceptors (Lipinski definition) is 3. The minimum absolute atomic E-state index is 0.0893. The van der Waals surface area contributed by atoms with Crippen molar-refractivity contribution in [1.29, 1.82) is 0 Å². The summed E-state index contributed by atoms with van der Waals surface area (Å²) in [4.78, 5) is 18.2. The third-order valence-electron chi connectivity index (χ3n) is 3.60. The maximum Gasteiger partial charge on any atom is 0.272 e. The van der Waals surface area contributed by atoms with Gasteiger partial charge in [0.2, 0.25) is 0 Å². The summed E-state index contributed by atoms with van der Waals surface area (Å²) in [5.74, 6) is 0.581. The van der Waals surface area contributed by atoms with Crippen molar-refractivity contribution in [3.63, 3.8) is 0 Å². The Balaban J connectivity index is 2.05. The molecule has 1 aromatic rings. The van der Waals surface area contributed by atoms with Gasteiger partial charge in [-0.05, 0) is 19.4 Å². The number of rotatable bonds is 2. The Labute approximate surface area is 102 Å². The van der Waals surface area contributed by atoms with E-state index in [1.54, 1.807) is 17.1 Å². The van der Waals surface area contributed by atoms with E-state index in [0.29, 0.717) is 17.7 Å². The van der Waals surface area contributed by atoms with E-state index in [1.807, 2.05) is 19.0 Å². The van der Waals surface area contributed by atoms with E-state index < -0.39 is 0 Å². The van der Waals surface area contributed by atoms with Crippen LogP contribution in [0, 0.1) is 5.92 Å². The van der Waals surface area contributed by atoms with Crippen LogP contribution in [0.1, 0.15) is 23.8 Å². The van der Waals surface area contributed by atoms with Crippen molar-refractivity contribution in [2.24, 2.45) is 13.0 Å². The van der Waals surface area contributed by atoms with E-state index in [2.05, 4.69) is 17.2 Å². The van der Waals surface area contributed by atoms with Crippen LogP contribution in [-0.4, -0.2) is 46.5 Å². The van der Waals surface area contributed by atoms with Crippen LogP contribution in [0.5, 0.6) is 0 Å². The molecule has 2 heterocycles. The van der Waals surface area contributed by atoms with Gasteiger partial charge in [-0.3, -0.25) is 4.79 Å². The van der Waals surface area contributed by atoms with Gasteiger partial charge in [-0.15, -0.1) is 0 Å². The van der Waals surface area contributed by atoms with Gasteiger partial charge in [0.05, 0.1) is 12.5 Å². The first kappa shape index (κ1) is 12.1. The maximum atomic E-state index is 12.3. The molecule has 94 valence electrons. The number of carbonyl (C=O) groups is 1. The Morgan fingerprint density at radius 2 is 2.35 bits per heavy atom. The van der Waals surface area contributed by atoms with Crippen LogP contribution < -0.4 is 5.32 Å². The summed E-state index contributed by atoms with van der Waals surface area (Å²) in [6, 6.07) is 0.519. The number of aryl methyl sites for hydroxylation is 1. The quantitative estimate of drug-likeness (QED) is 0.813. The molecular formula is C12H20N4O.